The summed E-state index contributed by atoms with van der Waals surface area (Å²) in [5.41, 5.74) is 0.168. The molecule has 0 aromatic heterocycles. The Morgan fingerprint density at radius 3 is 2.36 bits per heavy atom. The molecule has 76 valence electrons. The Kier molecular flexibility index (Phi) is 2.27. The zero-order chi connectivity index (χ0) is 10.1. The van der Waals surface area contributed by atoms with Crippen molar-refractivity contribution in [2.24, 2.45) is 5.92 Å². The van der Waals surface area contributed by atoms with Gasteiger partial charge in [-0.2, -0.15) is 0 Å². The summed E-state index contributed by atoms with van der Waals surface area (Å²) in [7, 11) is 0. The van der Waals surface area contributed by atoms with E-state index < -0.39 is 17.7 Å². The van der Waals surface area contributed by atoms with Gasteiger partial charge >= 0.3 is 11.9 Å². The fourth-order valence-electron chi connectivity index (χ4n) is 2.10. The number of aliphatic hydroxyl groups excluding tert-OH is 1. The van der Waals surface area contributed by atoms with Crippen molar-refractivity contribution in [2.45, 2.75) is 32.1 Å². The number of aliphatic hydroxyl groups is 1. The Labute approximate surface area is 81.6 Å². The van der Waals surface area contributed by atoms with Gasteiger partial charge in [-0.3, -0.25) is 0 Å². The van der Waals surface area contributed by atoms with E-state index in [9.17, 15) is 14.7 Å². The van der Waals surface area contributed by atoms with Crippen LogP contribution in [0.3, 0.4) is 0 Å². The van der Waals surface area contributed by atoms with Crippen molar-refractivity contribution in [1.29, 1.82) is 0 Å². The first kappa shape index (κ1) is 9.24. The van der Waals surface area contributed by atoms with Gasteiger partial charge in [-0.1, -0.05) is 25.7 Å². The van der Waals surface area contributed by atoms with Gasteiger partial charge in [0.2, 0.25) is 5.76 Å². The highest BCUT2D eigenvalue weighted by atomic mass is 16.6. The molecule has 1 heterocycles. The van der Waals surface area contributed by atoms with Gasteiger partial charge in [0, 0.05) is 0 Å². The van der Waals surface area contributed by atoms with Crippen molar-refractivity contribution in [1.82, 2.24) is 0 Å². The quantitative estimate of drug-likeness (QED) is 0.536. The molecular formula is C10H12O4. The lowest BCUT2D eigenvalue weighted by Crippen LogP contribution is -2.05. The van der Waals surface area contributed by atoms with Crippen LogP contribution in [0.4, 0.5) is 0 Å². The molecule has 1 saturated carbocycles. The third-order valence-corrected chi connectivity index (χ3v) is 2.88. The van der Waals surface area contributed by atoms with Crippen LogP contribution in [-0.4, -0.2) is 17.0 Å². The Morgan fingerprint density at radius 1 is 1.21 bits per heavy atom. The van der Waals surface area contributed by atoms with Gasteiger partial charge in [0.1, 0.15) is 0 Å². The molecule has 2 aliphatic rings. The van der Waals surface area contributed by atoms with Crippen molar-refractivity contribution in [3.63, 3.8) is 0 Å². The van der Waals surface area contributed by atoms with E-state index in [2.05, 4.69) is 4.74 Å². The molecule has 4 heteroatoms. The van der Waals surface area contributed by atoms with Gasteiger partial charge in [0.15, 0.2) is 0 Å². The average molecular weight is 196 g/mol. The van der Waals surface area contributed by atoms with Crippen molar-refractivity contribution in [3.8, 4) is 0 Å². The van der Waals surface area contributed by atoms with Crippen molar-refractivity contribution >= 4 is 11.9 Å². The fourth-order valence-corrected chi connectivity index (χ4v) is 2.10. The van der Waals surface area contributed by atoms with Gasteiger partial charge in [0.05, 0.1) is 5.57 Å². The second kappa shape index (κ2) is 3.44. The summed E-state index contributed by atoms with van der Waals surface area (Å²) >= 11 is 0. The Morgan fingerprint density at radius 2 is 1.86 bits per heavy atom. The number of cyclic esters (lactones) is 2. The minimum Gasteiger partial charge on any atom is -0.501 e. The predicted octanol–water partition coefficient (Wildman–Crippen LogP) is 1.46. The van der Waals surface area contributed by atoms with Crippen LogP contribution < -0.4 is 0 Å². The fraction of sp³-hybridized carbons (Fsp3) is 0.600. The standard InChI is InChI=1S/C10H12O4/c11-8-7(9(12)14-10(8)13)5-6-3-1-2-4-6/h6,11H,1-5H2. The first-order chi connectivity index (χ1) is 6.68. The molecule has 0 bridgehead atoms. The highest BCUT2D eigenvalue weighted by molar-refractivity contribution is 6.10. The molecule has 0 radical (unpaired) electrons. The van der Waals surface area contributed by atoms with Crippen LogP contribution >= 0.6 is 0 Å². The average Bonchev–Trinajstić information content (AvgIpc) is 2.71. The van der Waals surface area contributed by atoms with Gasteiger partial charge in [-0.05, 0) is 12.3 Å². The van der Waals surface area contributed by atoms with E-state index in [-0.39, 0.29) is 5.57 Å². The highest BCUT2D eigenvalue weighted by Crippen LogP contribution is 2.32. The monoisotopic (exact) mass is 196 g/mol. The molecule has 0 aromatic rings. The predicted molar refractivity (Wildman–Crippen MR) is 47.3 cm³/mol. The van der Waals surface area contributed by atoms with Crippen LogP contribution in [0.5, 0.6) is 0 Å². The van der Waals surface area contributed by atoms with Crippen LogP contribution in [-0.2, 0) is 14.3 Å². The molecule has 1 aliphatic carbocycles. The molecule has 0 spiro atoms. The van der Waals surface area contributed by atoms with Crippen LogP contribution in [0, 0.1) is 5.92 Å². The van der Waals surface area contributed by atoms with E-state index in [1.807, 2.05) is 0 Å². The Bertz CT molecular complexity index is 310. The lowest BCUT2D eigenvalue weighted by molar-refractivity contribution is -0.152. The lowest BCUT2D eigenvalue weighted by Gasteiger charge is -2.06. The van der Waals surface area contributed by atoms with E-state index in [0.717, 1.165) is 12.8 Å². The number of hydrogen-bond acceptors (Lipinski definition) is 4. The van der Waals surface area contributed by atoms with Crippen LogP contribution in [0.25, 0.3) is 0 Å². The summed E-state index contributed by atoms with van der Waals surface area (Å²) < 4.78 is 4.29. The van der Waals surface area contributed by atoms with Crippen LogP contribution in [0.15, 0.2) is 11.3 Å². The number of carbonyl (C=O) groups is 2. The largest absolute Gasteiger partial charge is 0.501 e. The van der Waals surface area contributed by atoms with Gasteiger partial charge < -0.3 is 9.84 Å². The normalized spacial score (nSPS) is 23.4. The van der Waals surface area contributed by atoms with Crippen molar-refractivity contribution < 1.29 is 19.4 Å². The lowest BCUT2D eigenvalue weighted by atomic mass is 9.98. The first-order valence-electron chi connectivity index (χ1n) is 4.87. The molecule has 4 nitrogen and oxygen atoms in total. The molecule has 14 heavy (non-hydrogen) atoms. The molecule has 0 atom stereocenters. The first-order valence-corrected chi connectivity index (χ1v) is 4.87. The maximum atomic E-state index is 11.1. The smallest absolute Gasteiger partial charge is 0.381 e. The Hall–Kier alpha value is -1.32. The maximum absolute atomic E-state index is 11.1. The van der Waals surface area contributed by atoms with Gasteiger partial charge in [-0.15, -0.1) is 0 Å². The summed E-state index contributed by atoms with van der Waals surface area (Å²) in [6, 6.07) is 0. The molecule has 0 saturated heterocycles. The molecule has 1 aliphatic heterocycles. The molecule has 2 rings (SSSR count). The van der Waals surface area contributed by atoms with Crippen LogP contribution in [0.1, 0.15) is 32.1 Å². The molecule has 0 unspecified atom stereocenters. The summed E-state index contributed by atoms with van der Waals surface area (Å²) in [5, 5.41) is 9.27. The summed E-state index contributed by atoms with van der Waals surface area (Å²) in [5.74, 6) is -1.63. The Balaban J connectivity index is 2.09. The number of ether oxygens (including phenoxy) is 1. The summed E-state index contributed by atoms with van der Waals surface area (Å²) in [6.45, 7) is 0. The zero-order valence-electron chi connectivity index (χ0n) is 7.78. The minimum atomic E-state index is -0.900. The van der Waals surface area contributed by atoms with E-state index in [4.69, 9.17) is 0 Å². The van der Waals surface area contributed by atoms with Crippen LogP contribution in [0.2, 0.25) is 0 Å². The molecule has 0 amide bonds. The second-order valence-corrected chi connectivity index (χ2v) is 3.86. The van der Waals surface area contributed by atoms with E-state index in [1.54, 1.807) is 0 Å². The number of rotatable bonds is 2. The molecule has 0 aromatic carbocycles. The minimum absolute atomic E-state index is 0.168. The van der Waals surface area contributed by atoms with E-state index >= 15 is 0 Å². The molecular weight excluding hydrogens is 184 g/mol. The number of esters is 2. The summed E-state index contributed by atoms with van der Waals surface area (Å²) in [6.07, 6.45) is 4.95. The van der Waals surface area contributed by atoms with Crippen molar-refractivity contribution in [3.05, 3.63) is 11.3 Å². The second-order valence-electron chi connectivity index (χ2n) is 3.86. The van der Waals surface area contributed by atoms with Crippen molar-refractivity contribution in [2.75, 3.05) is 0 Å². The van der Waals surface area contributed by atoms with Gasteiger partial charge in [0.25, 0.3) is 0 Å². The number of carbonyl (C=O) groups excluding carboxylic acids is 2. The SMILES string of the molecule is O=C1OC(=O)C(CC2CCCC2)=C1O. The van der Waals surface area contributed by atoms with E-state index in [1.165, 1.54) is 12.8 Å². The maximum Gasteiger partial charge on any atom is 0.381 e. The molecule has 1 N–H and O–H groups in total. The molecule has 1 fully saturated rings. The summed E-state index contributed by atoms with van der Waals surface area (Å²) in [4.78, 5) is 21.9. The van der Waals surface area contributed by atoms with E-state index in [0.29, 0.717) is 12.3 Å². The highest BCUT2D eigenvalue weighted by Gasteiger charge is 2.34. The topological polar surface area (TPSA) is 63.6 Å². The third-order valence-electron chi connectivity index (χ3n) is 2.88. The number of hydrogen-bond donors (Lipinski definition) is 1. The zero-order valence-corrected chi connectivity index (χ0v) is 7.78. The van der Waals surface area contributed by atoms with Gasteiger partial charge in [-0.25, -0.2) is 9.59 Å². The third kappa shape index (κ3) is 1.52.